The molecule has 0 aliphatic carbocycles. The summed E-state index contributed by atoms with van der Waals surface area (Å²) in [5.41, 5.74) is 2.40. The van der Waals surface area contributed by atoms with Gasteiger partial charge in [0.2, 0.25) is 0 Å². The third kappa shape index (κ3) is 3.38. The highest BCUT2D eigenvalue weighted by Crippen LogP contribution is 2.35. The lowest BCUT2D eigenvalue weighted by Crippen LogP contribution is -2.46. The van der Waals surface area contributed by atoms with Gasteiger partial charge in [0.25, 0.3) is 5.91 Å². The molecule has 2 aliphatic rings. The molecule has 2 aromatic carbocycles. The van der Waals surface area contributed by atoms with Crippen LogP contribution in [0.3, 0.4) is 0 Å². The van der Waals surface area contributed by atoms with Crippen molar-refractivity contribution >= 4 is 34.6 Å². The van der Waals surface area contributed by atoms with Crippen molar-refractivity contribution in [2.45, 2.75) is 0 Å². The topological polar surface area (TPSA) is 54.4 Å². The standard InChI is InChI=1S/C20H19N3O3S/c1-25-17-9-8-15(11-18(17)26-2)22-12-23-19(24)16(21-20(23)27-13-22)10-14-6-4-3-5-7-14/h3-11H,12-13H2,1-2H3/b16-10-. The van der Waals surface area contributed by atoms with Crippen LogP contribution in [0.25, 0.3) is 6.08 Å². The number of hydrogen-bond donors (Lipinski definition) is 0. The normalized spacial score (nSPS) is 17.8. The Bertz CT molecular complexity index is 927. The van der Waals surface area contributed by atoms with Crippen LogP contribution in [0.4, 0.5) is 5.69 Å². The Labute approximate surface area is 162 Å². The van der Waals surface area contributed by atoms with Gasteiger partial charge in [0.15, 0.2) is 16.7 Å². The zero-order chi connectivity index (χ0) is 18.8. The maximum absolute atomic E-state index is 12.8. The number of ether oxygens (including phenoxy) is 2. The van der Waals surface area contributed by atoms with Gasteiger partial charge in [-0.3, -0.25) is 9.69 Å². The third-order valence-electron chi connectivity index (χ3n) is 4.41. The van der Waals surface area contributed by atoms with Gasteiger partial charge in [-0.2, -0.15) is 0 Å². The Morgan fingerprint density at radius 3 is 2.59 bits per heavy atom. The van der Waals surface area contributed by atoms with Gasteiger partial charge < -0.3 is 14.4 Å². The van der Waals surface area contributed by atoms with E-state index >= 15 is 0 Å². The highest BCUT2D eigenvalue weighted by atomic mass is 32.2. The summed E-state index contributed by atoms with van der Waals surface area (Å²) in [5, 5.41) is 0.749. The molecule has 0 atom stereocenters. The Hall–Kier alpha value is -2.93. The first-order valence-corrected chi connectivity index (χ1v) is 9.45. The largest absolute Gasteiger partial charge is 0.493 e. The second kappa shape index (κ2) is 7.36. The van der Waals surface area contributed by atoms with E-state index in [4.69, 9.17) is 9.47 Å². The van der Waals surface area contributed by atoms with Crippen LogP contribution in [-0.2, 0) is 4.79 Å². The molecular weight excluding hydrogens is 362 g/mol. The highest BCUT2D eigenvalue weighted by Gasteiger charge is 2.35. The van der Waals surface area contributed by atoms with Gasteiger partial charge in [-0.05, 0) is 23.8 Å². The fourth-order valence-corrected chi connectivity index (χ4v) is 3.96. The summed E-state index contributed by atoms with van der Waals surface area (Å²) in [5.74, 6) is 1.97. The minimum Gasteiger partial charge on any atom is -0.493 e. The maximum Gasteiger partial charge on any atom is 0.280 e. The van der Waals surface area contributed by atoms with E-state index < -0.39 is 0 Å². The number of amidine groups is 1. The minimum atomic E-state index is -0.0773. The molecule has 2 aliphatic heterocycles. The van der Waals surface area contributed by atoms with Crippen LogP contribution in [0.15, 0.2) is 59.2 Å². The Kier molecular flexibility index (Phi) is 4.77. The summed E-state index contributed by atoms with van der Waals surface area (Å²) in [6.07, 6.45) is 1.83. The number of aliphatic imine (C=N–C) groups is 1. The molecule has 27 heavy (non-hydrogen) atoms. The number of methoxy groups -OCH3 is 2. The number of fused-ring (bicyclic) bond motifs is 1. The summed E-state index contributed by atoms with van der Waals surface area (Å²) in [7, 11) is 3.22. The van der Waals surface area contributed by atoms with Crippen LogP contribution in [0.2, 0.25) is 0 Å². The van der Waals surface area contributed by atoms with E-state index in [2.05, 4.69) is 9.89 Å². The lowest BCUT2D eigenvalue weighted by atomic mass is 10.2. The molecule has 1 fully saturated rings. The van der Waals surface area contributed by atoms with Gasteiger partial charge in [-0.15, -0.1) is 0 Å². The fourth-order valence-electron chi connectivity index (χ4n) is 3.00. The number of carbonyl (C=O) groups excluding carboxylic acids is 1. The van der Waals surface area contributed by atoms with Crippen LogP contribution >= 0.6 is 11.8 Å². The van der Waals surface area contributed by atoms with Crippen LogP contribution in [-0.4, -0.2) is 42.7 Å². The molecule has 138 valence electrons. The van der Waals surface area contributed by atoms with Gasteiger partial charge in [-0.1, -0.05) is 42.1 Å². The zero-order valence-corrected chi connectivity index (χ0v) is 15.9. The number of anilines is 1. The van der Waals surface area contributed by atoms with E-state index in [1.54, 1.807) is 30.9 Å². The lowest BCUT2D eigenvalue weighted by Gasteiger charge is -2.34. The number of benzene rings is 2. The molecule has 0 bridgehead atoms. The number of thioether (sulfide) groups is 1. The number of carbonyl (C=O) groups is 1. The quantitative estimate of drug-likeness (QED) is 0.760. The van der Waals surface area contributed by atoms with Crippen molar-refractivity contribution in [3.63, 3.8) is 0 Å². The first-order chi connectivity index (χ1) is 13.2. The molecule has 0 unspecified atom stereocenters. The van der Waals surface area contributed by atoms with Gasteiger partial charge >= 0.3 is 0 Å². The average molecular weight is 381 g/mol. The van der Waals surface area contributed by atoms with Crippen LogP contribution in [0.1, 0.15) is 5.56 Å². The van der Waals surface area contributed by atoms with E-state index in [1.165, 1.54) is 0 Å². The molecule has 0 radical (unpaired) electrons. The second-order valence-electron chi connectivity index (χ2n) is 6.06. The molecule has 6 nitrogen and oxygen atoms in total. The molecule has 4 rings (SSSR count). The van der Waals surface area contributed by atoms with E-state index in [1.807, 2.05) is 54.6 Å². The number of rotatable bonds is 4. The molecule has 1 amide bonds. The van der Waals surface area contributed by atoms with Crippen LogP contribution in [0.5, 0.6) is 11.5 Å². The van der Waals surface area contributed by atoms with Crippen LogP contribution in [0, 0.1) is 0 Å². The molecular formula is C20H19N3O3S. The molecule has 2 aromatic rings. The lowest BCUT2D eigenvalue weighted by molar-refractivity contribution is -0.122. The van der Waals surface area contributed by atoms with E-state index in [0.29, 0.717) is 29.7 Å². The van der Waals surface area contributed by atoms with Gasteiger partial charge in [0.1, 0.15) is 12.4 Å². The monoisotopic (exact) mass is 381 g/mol. The van der Waals surface area contributed by atoms with E-state index in [0.717, 1.165) is 16.4 Å². The average Bonchev–Trinajstić information content (AvgIpc) is 3.03. The van der Waals surface area contributed by atoms with E-state index in [9.17, 15) is 4.79 Å². The SMILES string of the molecule is COc1ccc(N2CSC3=N/C(=C\c4ccccc4)C(=O)N3C2)cc1OC. The highest BCUT2D eigenvalue weighted by molar-refractivity contribution is 8.14. The van der Waals surface area contributed by atoms with Crippen molar-refractivity contribution in [3.8, 4) is 11.5 Å². The fraction of sp³-hybridized carbons (Fsp3) is 0.200. The number of amides is 1. The van der Waals surface area contributed by atoms with Crippen molar-refractivity contribution < 1.29 is 14.3 Å². The predicted octanol–water partition coefficient (Wildman–Crippen LogP) is 3.41. The summed E-state index contributed by atoms with van der Waals surface area (Å²) in [6.45, 7) is 0.451. The third-order valence-corrected chi connectivity index (χ3v) is 5.42. The maximum atomic E-state index is 12.8. The van der Waals surface area contributed by atoms with Crippen molar-refractivity contribution in [1.29, 1.82) is 0 Å². The summed E-state index contributed by atoms with van der Waals surface area (Å²) in [4.78, 5) is 21.1. The smallest absolute Gasteiger partial charge is 0.280 e. The molecule has 7 heteroatoms. The summed E-state index contributed by atoms with van der Waals surface area (Å²) in [6, 6.07) is 15.5. The van der Waals surface area contributed by atoms with Crippen molar-refractivity contribution in [1.82, 2.24) is 4.90 Å². The molecule has 2 heterocycles. The van der Waals surface area contributed by atoms with Gasteiger partial charge in [0.05, 0.1) is 20.1 Å². The predicted molar refractivity (Wildman–Crippen MR) is 108 cm³/mol. The molecule has 0 N–H and O–H groups in total. The first-order valence-electron chi connectivity index (χ1n) is 8.46. The first kappa shape index (κ1) is 17.5. The molecule has 0 spiro atoms. The Morgan fingerprint density at radius 2 is 1.85 bits per heavy atom. The molecule has 0 aromatic heterocycles. The Balaban J connectivity index is 1.55. The summed E-state index contributed by atoms with van der Waals surface area (Å²) >= 11 is 1.55. The minimum absolute atomic E-state index is 0.0773. The van der Waals surface area contributed by atoms with Gasteiger partial charge in [0, 0.05) is 11.8 Å². The summed E-state index contributed by atoms with van der Waals surface area (Å²) < 4.78 is 10.7. The molecule has 1 saturated heterocycles. The van der Waals surface area contributed by atoms with Crippen molar-refractivity contribution in [3.05, 3.63) is 59.8 Å². The zero-order valence-electron chi connectivity index (χ0n) is 15.1. The number of nitrogens with zero attached hydrogens (tertiary/aromatic N) is 3. The van der Waals surface area contributed by atoms with Gasteiger partial charge in [-0.25, -0.2) is 4.99 Å². The van der Waals surface area contributed by atoms with Crippen molar-refractivity contribution in [2.75, 3.05) is 31.7 Å². The second-order valence-corrected chi connectivity index (χ2v) is 6.97. The van der Waals surface area contributed by atoms with Crippen molar-refractivity contribution in [2.24, 2.45) is 4.99 Å². The van der Waals surface area contributed by atoms with E-state index in [-0.39, 0.29) is 5.91 Å². The van der Waals surface area contributed by atoms with Crippen LogP contribution < -0.4 is 14.4 Å². The number of hydrogen-bond acceptors (Lipinski definition) is 6. The molecule has 0 saturated carbocycles. The Morgan fingerprint density at radius 1 is 1.07 bits per heavy atom.